The van der Waals surface area contributed by atoms with Crippen molar-refractivity contribution in [2.75, 3.05) is 12.4 Å². The average Bonchev–Trinajstić information content (AvgIpc) is 2.63. The molecule has 1 N–H and O–H groups in total. The maximum Gasteiger partial charge on any atom is 0.332 e. The maximum absolute atomic E-state index is 10.8. The van der Waals surface area contributed by atoms with Crippen LogP contribution in [0.15, 0.2) is 4.34 Å². The largest absolute Gasteiger partial charge is 0.479 e. The van der Waals surface area contributed by atoms with E-state index in [0.717, 1.165) is 9.35 Å². The third-order valence-electron chi connectivity index (χ3n) is 1.76. The highest BCUT2D eigenvalue weighted by Crippen LogP contribution is 2.23. The maximum atomic E-state index is 10.8. The van der Waals surface area contributed by atoms with Crippen LogP contribution in [0.25, 0.3) is 0 Å². The lowest BCUT2D eigenvalue weighted by Crippen LogP contribution is -2.24. The van der Waals surface area contributed by atoms with Crippen LogP contribution in [0, 0.1) is 6.92 Å². The fourth-order valence-electron chi connectivity index (χ4n) is 1.07. The lowest BCUT2D eigenvalue weighted by atomic mass is 10.3. The summed E-state index contributed by atoms with van der Waals surface area (Å²) in [7, 11) is 0. The molecule has 7 heteroatoms. The summed E-state index contributed by atoms with van der Waals surface area (Å²) in [6, 6.07) is 0. The van der Waals surface area contributed by atoms with Gasteiger partial charge in [0.15, 0.2) is 10.4 Å². The molecule has 0 aliphatic carbocycles. The van der Waals surface area contributed by atoms with E-state index in [0.29, 0.717) is 18.8 Å². The Labute approximate surface area is 102 Å². The second-order valence-corrected chi connectivity index (χ2v) is 5.53. The Morgan fingerprint density at radius 1 is 1.62 bits per heavy atom. The summed E-state index contributed by atoms with van der Waals surface area (Å²) < 4.78 is 5.97. The number of carboxylic acid groups (broad SMARTS) is 1. The minimum atomic E-state index is -0.907. The molecular formula is C9H14N2O3S2. The highest BCUT2D eigenvalue weighted by atomic mass is 32.2. The average molecular weight is 262 g/mol. The third-order valence-corrected chi connectivity index (χ3v) is 3.76. The van der Waals surface area contributed by atoms with Crippen molar-refractivity contribution in [1.29, 1.82) is 0 Å². The fourth-order valence-corrected chi connectivity index (χ4v) is 2.94. The van der Waals surface area contributed by atoms with Crippen LogP contribution in [0.4, 0.5) is 0 Å². The first kappa shape index (κ1) is 13.4. The first-order valence-corrected chi connectivity index (χ1v) is 6.71. The summed E-state index contributed by atoms with van der Waals surface area (Å²) in [4.78, 5) is 10.8. The molecular weight excluding hydrogens is 248 g/mol. The number of aromatic nitrogens is 2. The van der Waals surface area contributed by atoms with Gasteiger partial charge in [0.05, 0.1) is 0 Å². The molecule has 1 aromatic rings. The van der Waals surface area contributed by atoms with E-state index in [9.17, 15) is 4.79 Å². The lowest BCUT2D eigenvalue weighted by molar-refractivity contribution is -0.150. The van der Waals surface area contributed by atoms with Gasteiger partial charge in [-0.3, -0.25) is 0 Å². The van der Waals surface area contributed by atoms with Gasteiger partial charge in [-0.25, -0.2) is 4.79 Å². The van der Waals surface area contributed by atoms with Crippen LogP contribution >= 0.6 is 23.1 Å². The molecule has 0 aliphatic heterocycles. The van der Waals surface area contributed by atoms with E-state index in [2.05, 4.69) is 10.2 Å². The zero-order valence-electron chi connectivity index (χ0n) is 9.17. The number of rotatable bonds is 7. The predicted molar refractivity (Wildman–Crippen MR) is 63.0 cm³/mol. The Bertz CT molecular complexity index is 343. The summed E-state index contributed by atoms with van der Waals surface area (Å²) >= 11 is 3.03. The number of thioether (sulfide) groups is 1. The van der Waals surface area contributed by atoms with E-state index in [1.165, 1.54) is 23.1 Å². The summed E-state index contributed by atoms with van der Waals surface area (Å²) in [6.45, 7) is 4.10. The van der Waals surface area contributed by atoms with Gasteiger partial charge in [0.2, 0.25) is 0 Å². The zero-order valence-corrected chi connectivity index (χ0v) is 10.8. The monoisotopic (exact) mass is 262 g/mol. The van der Waals surface area contributed by atoms with Gasteiger partial charge in [-0.15, -0.1) is 10.2 Å². The van der Waals surface area contributed by atoms with E-state index in [4.69, 9.17) is 9.84 Å². The molecule has 0 spiro atoms. The highest BCUT2D eigenvalue weighted by Gasteiger charge is 2.17. The molecule has 90 valence electrons. The standard InChI is InChI=1S/C9H14N2O3S2/c1-3-14-7(8(12)13)4-5-15-9-11-10-6(2)16-9/h7H,3-5H2,1-2H3,(H,12,13). The topological polar surface area (TPSA) is 72.3 Å². The van der Waals surface area contributed by atoms with Gasteiger partial charge >= 0.3 is 5.97 Å². The summed E-state index contributed by atoms with van der Waals surface area (Å²) in [5.74, 6) is -0.234. The molecule has 0 saturated carbocycles. The Morgan fingerprint density at radius 3 is 2.88 bits per heavy atom. The minimum Gasteiger partial charge on any atom is -0.479 e. The first-order chi connectivity index (χ1) is 7.63. The van der Waals surface area contributed by atoms with Crippen molar-refractivity contribution in [3.8, 4) is 0 Å². The number of ether oxygens (including phenoxy) is 1. The number of carboxylic acids is 1. The van der Waals surface area contributed by atoms with E-state index < -0.39 is 12.1 Å². The van der Waals surface area contributed by atoms with Gasteiger partial charge in [-0.1, -0.05) is 23.1 Å². The van der Waals surface area contributed by atoms with E-state index in [-0.39, 0.29) is 0 Å². The SMILES string of the molecule is CCOC(CCSc1nnc(C)s1)C(=O)O. The van der Waals surface area contributed by atoms with Gasteiger partial charge in [0.25, 0.3) is 0 Å². The summed E-state index contributed by atoms with van der Waals surface area (Å²) in [6.07, 6.45) is -0.238. The van der Waals surface area contributed by atoms with Crippen LogP contribution in [0.1, 0.15) is 18.4 Å². The van der Waals surface area contributed by atoms with Crippen LogP contribution in [0.3, 0.4) is 0 Å². The van der Waals surface area contributed by atoms with Crippen molar-refractivity contribution >= 4 is 29.1 Å². The van der Waals surface area contributed by atoms with Crippen molar-refractivity contribution in [3.63, 3.8) is 0 Å². The number of nitrogens with zero attached hydrogens (tertiary/aromatic N) is 2. The summed E-state index contributed by atoms with van der Waals surface area (Å²) in [5, 5.41) is 17.6. The Balaban J connectivity index is 2.30. The molecule has 16 heavy (non-hydrogen) atoms. The molecule has 1 atom stereocenters. The van der Waals surface area contributed by atoms with Gasteiger partial charge in [0, 0.05) is 12.4 Å². The van der Waals surface area contributed by atoms with Gasteiger partial charge < -0.3 is 9.84 Å². The molecule has 1 rings (SSSR count). The number of hydrogen-bond donors (Lipinski definition) is 1. The van der Waals surface area contributed by atoms with E-state index >= 15 is 0 Å². The van der Waals surface area contributed by atoms with Gasteiger partial charge in [-0.2, -0.15) is 0 Å². The third kappa shape index (κ3) is 4.46. The minimum absolute atomic E-state index is 0.416. The number of carbonyl (C=O) groups is 1. The normalized spacial score (nSPS) is 12.6. The molecule has 1 unspecified atom stereocenters. The van der Waals surface area contributed by atoms with E-state index in [1.54, 1.807) is 6.92 Å². The number of aryl methyl sites for hydroxylation is 1. The lowest BCUT2D eigenvalue weighted by Gasteiger charge is -2.10. The Hall–Kier alpha value is -0.660. The molecule has 0 bridgehead atoms. The fraction of sp³-hybridized carbons (Fsp3) is 0.667. The molecule has 0 radical (unpaired) electrons. The zero-order chi connectivity index (χ0) is 12.0. The molecule has 1 heterocycles. The first-order valence-electron chi connectivity index (χ1n) is 4.90. The number of aliphatic carboxylic acids is 1. The van der Waals surface area contributed by atoms with Crippen LogP contribution in [-0.2, 0) is 9.53 Å². The summed E-state index contributed by atoms with van der Waals surface area (Å²) in [5.41, 5.74) is 0. The van der Waals surface area contributed by atoms with Crippen molar-refractivity contribution in [1.82, 2.24) is 10.2 Å². The highest BCUT2D eigenvalue weighted by molar-refractivity contribution is 8.01. The van der Waals surface area contributed by atoms with Crippen molar-refractivity contribution in [3.05, 3.63) is 5.01 Å². The van der Waals surface area contributed by atoms with Crippen LogP contribution < -0.4 is 0 Å². The molecule has 0 fully saturated rings. The van der Waals surface area contributed by atoms with Crippen molar-refractivity contribution in [2.24, 2.45) is 0 Å². The quantitative estimate of drug-likeness (QED) is 0.756. The second kappa shape index (κ2) is 6.82. The Kier molecular flexibility index (Phi) is 5.72. The van der Waals surface area contributed by atoms with Crippen LogP contribution in [-0.4, -0.2) is 39.7 Å². The molecule has 0 aliphatic rings. The van der Waals surface area contributed by atoms with Gasteiger partial charge in [0.1, 0.15) is 5.01 Å². The van der Waals surface area contributed by atoms with Crippen LogP contribution in [0.5, 0.6) is 0 Å². The predicted octanol–water partition coefficient (Wildman–Crippen LogP) is 1.82. The van der Waals surface area contributed by atoms with E-state index in [1.807, 2.05) is 6.92 Å². The van der Waals surface area contributed by atoms with Crippen molar-refractivity contribution < 1.29 is 14.6 Å². The number of hydrogen-bond acceptors (Lipinski definition) is 6. The van der Waals surface area contributed by atoms with Crippen LogP contribution in [0.2, 0.25) is 0 Å². The van der Waals surface area contributed by atoms with Crippen molar-refractivity contribution in [2.45, 2.75) is 30.7 Å². The molecule has 0 saturated heterocycles. The molecule has 0 amide bonds. The Morgan fingerprint density at radius 2 is 2.38 bits per heavy atom. The smallest absolute Gasteiger partial charge is 0.332 e. The molecule has 0 aromatic carbocycles. The molecule has 5 nitrogen and oxygen atoms in total. The molecule has 1 aromatic heterocycles. The van der Waals surface area contributed by atoms with Gasteiger partial charge in [-0.05, 0) is 20.3 Å². The second-order valence-electron chi connectivity index (χ2n) is 3.01.